The van der Waals surface area contributed by atoms with Gasteiger partial charge < -0.3 is 24.2 Å². The molecule has 2 aromatic rings. The molecule has 0 radical (unpaired) electrons. The van der Waals surface area contributed by atoms with E-state index in [4.69, 9.17) is 14.2 Å². The summed E-state index contributed by atoms with van der Waals surface area (Å²) in [6.45, 7) is 6.47. The number of amides is 1. The Bertz CT molecular complexity index is 1060. The third-order valence-electron chi connectivity index (χ3n) is 7.42. The van der Waals surface area contributed by atoms with Crippen LogP contribution in [0, 0.1) is 5.92 Å². The van der Waals surface area contributed by atoms with E-state index < -0.39 is 17.9 Å². The number of carbonyl (C=O) groups is 2. The summed E-state index contributed by atoms with van der Waals surface area (Å²) in [5.41, 5.74) is 1.73. The zero-order valence-corrected chi connectivity index (χ0v) is 22.0. The Morgan fingerprint density at radius 1 is 1.00 bits per heavy atom. The number of hydrogen-bond acceptors (Lipinski definition) is 6. The van der Waals surface area contributed by atoms with Crippen LogP contribution in [0.15, 0.2) is 42.5 Å². The van der Waals surface area contributed by atoms with Gasteiger partial charge >= 0.3 is 5.97 Å². The van der Waals surface area contributed by atoms with Crippen molar-refractivity contribution in [2.24, 2.45) is 5.92 Å². The second-order valence-corrected chi connectivity index (χ2v) is 9.82. The summed E-state index contributed by atoms with van der Waals surface area (Å²) in [5, 5.41) is 10.5. The van der Waals surface area contributed by atoms with Gasteiger partial charge in [-0.2, -0.15) is 0 Å². The highest BCUT2D eigenvalue weighted by Gasteiger charge is 2.48. The monoisotopic (exact) mass is 510 g/mol. The molecule has 3 atom stereocenters. The molecule has 2 aromatic carbocycles. The van der Waals surface area contributed by atoms with Gasteiger partial charge in [0.2, 0.25) is 12.7 Å². The van der Waals surface area contributed by atoms with Gasteiger partial charge in [0.1, 0.15) is 5.75 Å². The minimum Gasteiger partial charge on any atom is -0.497 e. The number of fused-ring (bicyclic) bond motifs is 1. The summed E-state index contributed by atoms with van der Waals surface area (Å²) in [7, 11) is 1.61. The lowest BCUT2D eigenvalue weighted by atomic mass is 9.83. The van der Waals surface area contributed by atoms with Crippen LogP contribution in [0.1, 0.15) is 62.6 Å². The fourth-order valence-corrected chi connectivity index (χ4v) is 5.41. The van der Waals surface area contributed by atoms with E-state index in [0.717, 1.165) is 55.6 Å². The maximum atomic E-state index is 13.6. The molecule has 2 aliphatic heterocycles. The number of methoxy groups -OCH3 is 1. The van der Waals surface area contributed by atoms with Crippen molar-refractivity contribution in [3.63, 3.8) is 0 Å². The molecular formula is C29H38N2O6. The minimum absolute atomic E-state index is 0.0483. The molecule has 0 unspecified atom stereocenters. The number of hydrogen-bond donors (Lipinski definition) is 1. The van der Waals surface area contributed by atoms with Gasteiger partial charge in [-0.25, -0.2) is 0 Å². The van der Waals surface area contributed by atoms with Crippen LogP contribution in [0.3, 0.4) is 0 Å². The molecule has 0 aliphatic carbocycles. The molecule has 1 N–H and O–H groups in total. The largest absolute Gasteiger partial charge is 0.497 e. The van der Waals surface area contributed by atoms with Gasteiger partial charge in [-0.1, -0.05) is 44.9 Å². The third kappa shape index (κ3) is 6.01. The van der Waals surface area contributed by atoms with E-state index in [1.165, 1.54) is 0 Å². The first-order valence-corrected chi connectivity index (χ1v) is 13.2. The summed E-state index contributed by atoms with van der Waals surface area (Å²) in [6.07, 6.45) is 3.93. The van der Waals surface area contributed by atoms with Crippen molar-refractivity contribution in [2.45, 2.75) is 51.5 Å². The molecule has 0 aromatic heterocycles. The van der Waals surface area contributed by atoms with Crippen molar-refractivity contribution in [1.82, 2.24) is 9.80 Å². The third-order valence-corrected chi connectivity index (χ3v) is 7.42. The standard InChI is InChI=1S/C29H38N2O6/c1-4-6-14-30(15-7-5-2)26(32)18-31-17-23(20-8-11-22(35-3)12-9-20)27(29(33)34)28(31)21-10-13-24-25(16-21)37-19-36-24/h8-13,16,23,27-28H,4-7,14-15,17-19H2,1-3H3,(H,33,34)/t23-,27-,28+/m1/s1. The number of nitrogens with zero attached hydrogens (tertiary/aromatic N) is 2. The van der Waals surface area contributed by atoms with Crippen LogP contribution in [0.25, 0.3) is 0 Å². The Morgan fingerprint density at radius 2 is 1.65 bits per heavy atom. The zero-order valence-electron chi connectivity index (χ0n) is 22.0. The predicted octanol–water partition coefficient (Wildman–Crippen LogP) is 4.69. The van der Waals surface area contributed by atoms with Crippen LogP contribution in [-0.4, -0.2) is 66.9 Å². The van der Waals surface area contributed by atoms with Crippen molar-refractivity contribution >= 4 is 11.9 Å². The lowest BCUT2D eigenvalue weighted by Gasteiger charge is -2.30. The summed E-state index contributed by atoms with van der Waals surface area (Å²) >= 11 is 0. The lowest BCUT2D eigenvalue weighted by Crippen LogP contribution is -2.42. The molecule has 1 fully saturated rings. The number of aliphatic carboxylic acids is 1. The molecule has 4 rings (SSSR count). The molecule has 0 bridgehead atoms. The lowest BCUT2D eigenvalue weighted by molar-refractivity contribution is -0.144. The Hall–Kier alpha value is -3.26. The summed E-state index contributed by atoms with van der Waals surface area (Å²) in [5.74, 6) is 0.115. The van der Waals surface area contributed by atoms with Crippen LogP contribution in [0.5, 0.6) is 17.2 Å². The number of likely N-dealkylation sites (tertiary alicyclic amines) is 1. The van der Waals surface area contributed by atoms with E-state index in [9.17, 15) is 14.7 Å². The molecule has 1 saturated heterocycles. The van der Waals surface area contributed by atoms with Gasteiger partial charge in [-0.3, -0.25) is 14.5 Å². The highest BCUT2D eigenvalue weighted by molar-refractivity contribution is 5.79. The quantitative estimate of drug-likeness (QED) is 0.443. The highest BCUT2D eigenvalue weighted by atomic mass is 16.7. The van der Waals surface area contributed by atoms with E-state index in [1.807, 2.05) is 52.3 Å². The van der Waals surface area contributed by atoms with Gasteiger partial charge in [0.05, 0.1) is 19.6 Å². The molecule has 1 amide bonds. The summed E-state index contributed by atoms with van der Waals surface area (Å²) in [4.78, 5) is 30.3. The molecule has 8 nitrogen and oxygen atoms in total. The number of ether oxygens (including phenoxy) is 3. The van der Waals surface area contributed by atoms with E-state index in [1.54, 1.807) is 7.11 Å². The average Bonchev–Trinajstić information content (AvgIpc) is 3.53. The fraction of sp³-hybridized carbons (Fsp3) is 0.517. The minimum atomic E-state index is -0.882. The molecule has 0 saturated carbocycles. The Labute approximate surface area is 219 Å². The first-order valence-electron chi connectivity index (χ1n) is 13.2. The molecular weight excluding hydrogens is 472 g/mol. The maximum Gasteiger partial charge on any atom is 0.309 e. The smallest absolute Gasteiger partial charge is 0.309 e. The van der Waals surface area contributed by atoms with E-state index in [-0.39, 0.29) is 25.2 Å². The summed E-state index contributed by atoms with van der Waals surface area (Å²) < 4.78 is 16.4. The number of carboxylic acid groups (broad SMARTS) is 1. The van der Waals surface area contributed by atoms with Gasteiger partial charge in [-0.15, -0.1) is 0 Å². The predicted molar refractivity (Wildman–Crippen MR) is 140 cm³/mol. The van der Waals surface area contributed by atoms with Crippen LogP contribution >= 0.6 is 0 Å². The average molecular weight is 511 g/mol. The Kier molecular flexibility index (Phi) is 8.92. The second-order valence-electron chi connectivity index (χ2n) is 9.82. The number of unbranched alkanes of at least 4 members (excludes halogenated alkanes) is 2. The Morgan fingerprint density at radius 3 is 2.27 bits per heavy atom. The van der Waals surface area contributed by atoms with Crippen LogP contribution in [0.4, 0.5) is 0 Å². The molecule has 0 spiro atoms. The maximum absolute atomic E-state index is 13.6. The van der Waals surface area contributed by atoms with Crippen molar-refractivity contribution in [3.8, 4) is 17.2 Å². The number of carboxylic acids is 1. The van der Waals surface area contributed by atoms with Crippen molar-refractivity contribution < 1.29 is 28.9 Å². The number of carbonyl (C=O) groups excluding carboxylic acids is 1. The van der Waals surface area contributed by atoms with E-state index >= 15 is 0 Å². The topological polar surface area (TPSA) is 88.5 Å². The Balaban J connectivity index is 1.68. The van der Waals surface area contributed by atoms with Crippen LogP contribution in [0.2, 0.25) is 0 Å². The summed E-state index contributed by atoms with van der Waals surface area (Å²) in [6, 6.07) is 12.7. The normalized spacial score (nSPS) is 20.7. The number of rotatable bonds is 12. The number of benzene rings is 2. The van der Waals surface area contributed by atoms with Crippen molar-refractivity contribution in [1.29, 1.82) is 0 Å². The van der Waals surface area contributed by atoms with Crippen LogP contribution < -0.4 is 14.2 Å². The van der Waals surface area contributed by atoms with E-state index in [2.05, 4.69) is 13.8 Å². The molecule has 200 valence electrons. The van der Waals surface area contributed by atoms with Crippen molar-refractivity contribution in [3.05, 3.63) is 53.6 Å². The molecule has 37 heavy (non-hydrogen) atoms. The SMILES string of the molecule is CCCCN(CCCC)C(=O)CN1C[C@H](c2ccc(OC)cc2)[C@@H](C(=O)O)[C@@H]1c1ccc2c(c1)OCO2. The molecule has 2 aliphatic rings. The van der Waals surface area contributed by atoms with Gasteiger partial charge in [-0.05, 0) is 48.2 Å². The van der Waals surface area contributed by atoms with Gasteiger partial charge in [0.25, 0.3) is 0 Å². The van der Waals surface area contributed by atoms with Gasteiger partial charge in [0, 0.05) is 31.6 Å². The second kappa shape index (κ2) is 12.3. The molecule has 8 heteroatoms. The van der Waals surface area contributed by atoms with Crippen LogP contribution in [-0.2, 0) is 9.59 Å². The first kappa shape index (κ1) is 26.8. The van der Waals surface area contributed by atoms with Gasteiger partial charge in [0.15, 0.2) is 11.5 Å². The fourth-order valence-electron chi connectivity index (χ4n) is 5.41. The highest BCUT2D eigenvalue weighted by Crippen LogP contribution is 2.47. The van der Waals surface area contributed by atoms with E-state index in [0.29, 0.717) is 18.0 Å². The van der Waals surface area contributed by atoms with Crippen molar-refractivity contribution in [2.75, 3.05) is 40.1 Å². The first-order chi connectivity index (χ1) is 18.0. The molecule has 2 heterocycles. The zero-order chi connectivity index (χ0) is 26.4.